The molecule has 0 N–H and O–H groups in total. The van der Waals surface area contributed by atoms with Gasteiger partial charge in [0.05, 0.1) is 0 Å². The third kappa shape index (κ3) is 6.21. The molecule has 0 spiro atoms. The zero-order valence-electron chi connectivity index (χ0n) is 20.7. The van der Waals surface area contributed by atoms with Crippen LogP contribution in [0.25, 0.3) is 0 Å². The molecule has 7 nitrogen and oxygen atoms in total. The highest BCUT2D eigenvalue weighted by atomic mass is 35.5. The molecule has 182 valence electrons. The van der Waals surface area contributed by atoms with Crippen molar-refractivity contribution in [3.05, 3.63) is 56.2 Å². The molecule has 1 aliphatic heterocycles. The van der Waals surface area contributed by atoms with Gasteiger partial charge in [0.15, 0.2) is 0 Å². The molecule has 0 unspecified atom stereocenters. The number of benzene rings is 1. The fourth-order valence-electron chi connectivity index (χ4n) is 4.26. The van der Waals surface area contributed by atoms with Gasteiger partial charge in [-0.25, -0.2) is 4.79 Å². The molecule has 2 heterocycles. The Bertz CT molecular complexity index is 1050. The van der Waals surface area contributed by atoms with E-state index in [1.165, 1.54) is 4.57 Å². The van der Waals surface area contributed by atoms with Crippen LogP contribution in [-0.4, -0.2) is 52.4 Å². The van der Waals surface area contributed by atoms with Gasteiger partial charge in [0.2, 0.25) is 0 Å². The number of halogens is 1. The molecule has 0 amide bonds. The normalized spacial score (nSPS) is 15.5. The van der Waals surface area contributed by atoms with Crippen molar-refractivity contribution < 1.29 is 4.74 Å². The first kappa shape index (κ1) is 25.4. The number of aromatic nitrogens is 2. The molecular formula is C25H37ClN4O3. The lowest BCUT2D eigenvalue weighted by Crippen LogP contribution is -2.51. The molecule has 1 aliphatic rings. The van der Waals surface area contributed by atoms with E-state index >= 15 is 0 Å². The van der Waals surface area contributed by atoms with Crippen LogP contribution in [0.15, 0.2) is 39.9 Å². The summed E-state index contributed by atoms with van der Waals surface area (Å²) in [4.78, 5) is 30.3. The predicted molar refractivity (Wildman–Crippen MR) is 135 cm³/mol. The molecule has 8 heteroatoms. The molecule has 0 bridgehead atoms. The van der Waals surface area contributed by atoms with Crippen LogP contribution in [0, 0.1) is 0 Å². The van der Waals surface area contributed by atoms with Gasteiger partial charge in [-0.3, -0.25) is 18.8 Å². The average Bonchev–Trinajstić information content (AvgIpc) is 2.73. The Hall–Kier alpha value is -2.25. The maximum atomic E-state index is 13.0. The Morgan fingerprint density at radius 2 is 1.52 bits per heavy atom. The molecular weight excluding hydrogens is 440 g/mol. The monoisotopic (exact) mass is 476 g/mol. The highest BCUT2D eigenvalue weighted by Gasteiger charge is 2.26. The van der Waals surface area contributed by atoms with Crippen molar-refractivity contribution in [2.45, 2.75) is 65.6 Å². The SMILES string of the molecule is CC(C)n1c(N2CCN(CCC(C)(C)Oc3ccc(Cl)cc3)CC2)cc(=O)n(C(C)C)c1=O. The smallest absolute Gasteiger partial charge is 0.333 e. The Balaban J connectivity index is 1.63. The Kier molecular flexibility index (Phi) is 7.96. The van der Waals surface area contributed by atoms with Gasteiger partial charge in [-0.1, -0.05) is 11.6 Å². The number of piperazine rings is 1. The van der Waals surface area contributed by atoms with E-state index in [0.29, 0.717) is 5.02 Å². The summed E-state index contributed by atoms with van der Waals surface area (Å²) in [5.74, 6) is 1.54. The van der Waals surface area contributed by atoms with Crippen molar-refractivity contribution in [3.63, 3.8) is 0 Å². The zero-order valence-corrected chi connectivity index (χ0v) is 21.4. The van der Waals surface area contributed by atoms with E-state index < -0.39 is 0 Å². The minimum Gasteiger partial charge on any atom is -0.488 e. The second-order valence-corrected chi connectivity index (χ2v) is 10.4. The summed E-state index contributed by atoms with van der Waals surface area (Å²) in [7, 11) is 0. The van der Waals surface area contributed by atoms with E-state index in [9.17, 15) is 9.59 Å². The van der Waals surface area contributed by atoms with Crippen LogP contribution in [0.3, 0.4) is 0 Å². The lowest BCUT2D eigenvalue weighted by atomic mass is 10.0. The molecule has 3 rings (SSSR count). The summed E-state index contributed by atoms with van der Waals surface area (Å²) in [6.45, 7) is 16.1. The molecule has 1 fully saturated rings. The van der Waals surface area contributed by atoms with Crippen molar-refractivity contribution in [1.82, 2.24) is 14.0 Å². The van der Waals surface area contributed by atoms with Gasteiger partial charge in [0.25, 0.3) is 5.56 Å². The average molecular weight is 477 g/mol. The zero-order chi connectivity index (χ0) is 24.3. The molecule has 2 aromatic rings. The minimum atomic E-state index is -0.301. The number of anilines is 1. The molecule has 1 aromatic carbocycles. The van der Waals surface area contributed by atoms with Crippen molar-refractivity contribution in [2.75, 3.05) is 37.6 Å². The molecule has 33 heavy (non-hydrogen) atoms. The van der Waals surface area contributed by atoms with E-state index in [0.717, 1.165) is 50.7 Å². The topological polar surface area (TPSA) is 59.7 Å². The van der Waals surface area contributed by atoms with E-state index in [2.05, 4.69) is 23.6 Å². The van der Waals surface area contributed by atoms with Gasteiger partial charge in [-0.05, 0) is 72.2 Å². The quantitative estimate of drug-likeness (QED) is 0.571. The lowest BCUT2D eigenvalue weighted by Gasteiger charge is -2.38. The van der Waals surface area contributed by atoms with Crippen molar-refractivity contribution >= 4 is 17.4 Å². The molecule has 0 aliphatic carbocycles. The maximum Gasteiger partial charge on any atom is 0.333 e. The molecule has 0 atom stereocenters. The fourth-order valence-corrected chi connectivity index (χ4v) is 4.39. The second kappa shape index (κ2) is 10.3. The number of hydrogen-bond acceptors (Lipinski definition) is 5. The molecule has 0 radical (unpaired) electrons. The van der Waals surface area contributed by atoms with Gasteiger partial charge in [0.1, 0.15) is 17.2 Å². The number of nitrogens with zero attached hydrogens (tertiary/aromatic N) is 4. The van der Waals surface area contributed by atoms with E-state index in [1.54, 1.807) is 10.6 Å². The standard InChI is InChI=1S/C25H37ClN4O3/c1-18(2)29-22(17-23(31)30(19(3)4)24(29)32)28-15-13-27(14-16-28)12-11-25(5,6)33-21-9-7-20(26)8-10-21/h7-10,17-19H,11-16H2,1-6H3. The van der Waals surface area contributed by atoms with Crippen LogP contribution >= 0.6 is 11.6 Å². The Morgan fingerprint density at radius 1 is 0.939 bits per heavy atom. The first-order chi connectivity index (χ1) is 15.5. The van der Waals surface area contributed by atoms with Crippen molar-refractivity contribution in [1.29, 1.82) is 0 Å². The second-order valence-electron chi connectivity index (χ2n) is 9.95. The van der Waals surface area contributed by atoms with Crippen molar-refractivity contribution in [3.8, 4) is 5.75 Å². The van der Waals surface area contributed by atoms with Gasteiger partial charge in [-0.15, -0.1) is 0 Å². The van der Waals surface area contributed by atoms with Gasteiger partial charge in [-0.2, -0.15) is 0 Å². The van der Waals surface area contributed by atoms with Gasteiger partial charge < -0.3 is 9.64 Å². The molecule has 0 saturated carbocycles. The molecule has 1 aromatic heterocycles. The van der Waals surface area contributed by atoms with Gasteiger partial charge in [0, 0.05) is 55.9 Å². The summed E-state index contributed by atoms with van der Waals surface area (Å²) in [5.41, 5.74) is -0.763. The first-order valence-corrected chi connectivity index (χ1v) is 12.2. The number of rotatable bonds is 8. The minimum absolute atomic E-state index is 0.0260. The summed E-state index contributed by atoms with van der Waals surface area (Å²) in [6, 6.07) is 8.89. The van der Waals surface area contributed by atoms with Gasteiger partial charge >= 0.3 is 5.69 Å². The number of ether oxygens (including phenoxy) is 1. The predicted octanol–water partition coefficient (Wildman–Crippen LogP) is 4.19. The fraction of sp³-hybridized carbons (Fsp3) is 0.600. The first-order valence-electron chi connectivity index (χ1n) is 11.8. The van der Waals surface area contributed by atoms with Crippen LogP contribution in [0.5, 0.6) is 5.75 Å². The summed E-state index contributed by atoms with van der Waals surface area (Å²) >= 11 is 5.96. The van der Waals surface area contributed by atoms with Crippen LogP contribution in [0.1, 0.15) is 60.0 Å². The molecule has 1 saturated heterocycles. The van der Waals surface area contributed by atoms with Crippen LogP contribution in [0.4, 0.5) is 5.82 Å². The summed E-state index contributed by atoms with van der Waals surface area (Å²) < 4.78 is 9.25. The lowest BCUT2D eigenvalue weighted by molar-refractivity contribution is 0.0820. The van der Waals surface area contributed by atoms with Crippen LogP contribution in [0.2, 0.25) is 5.02 Å². The van der Waals surface area contributed by atoms with E-state index in [-0.39, 0.29) is 28.9 Å². The Labute approximate surface area is 201 Å². The van der Waals surface area contributed by atoms with Crippen LogP contribution in [-0.2, 0) is 0 Å². The van der Waals surface area contributed by atoms with Crippen LogP contribution < -0.4 is 20.9 Å². The maximum absolute atomic E-state index is 13.0. The van der Waals surface area contributed by atoms with E-state index in [4.69, 9.17) is 16.3 Å². The summed E-state index contributed by atoms with van der Waals surface area (Å²) in [6.07, 6.45) is 0.886. The van der Waals surface area contributed by atoms with E-state index in [1.807, 2.05) is 52.0 Å². The largest absolute Gasteiger partial charge is 0.488 e. The van der Waals surface area contributed by atoms with Crippen molar-refractivity contribution in [2.24, 2.45) is 0 Å². The summed E-state index contributed by atoms with van der Waals surface area (Å²) in [5, 5.41) is 0.697. The number of hydrogen-bond donors (Lipinski definition) is 0. The third-order valence-corrected chi connectivity index (χ3v) is 6.37. The highest BCUT2D eigenvalue weighted by Crippen LogP contribution is 2.24. The Morgan fingerprint density at radius 3 is 2.06 bits per heavy atom. The highest BCUT2D eigenvalue weighted by molar-refractivity contribution is 6.30. The third-order valence-electron chi connectivity index (χ3n) is 6.12.